The predicted octanol–water partition coefficient (Wildman–Crippen LogP) is 11.0. The van der Waals surface area contributed by atoms with Gasteiger partial charge in [0, 0.05) is 52.4 Å². The molecule has 56 heavy (non-hydrogen) atoms. The quantitative estimate of drug-likeness (QED) is 0.169. The lowest BCUT2D eigenvalue weighted by Gasteiger charge is -2.30. The van der Waals surface area contributed by atoms with Gasteiger partial charge in [-0.1, -0.05) is 127 Å². The Balaban J connectivity index is 0.976. The molecule has 0 saturated heterocycles. The van der Waals surface area contributed by atoms with Gasteiger partial charge in [-0.3, -0.25) is 4.90 Å². The van der Waals surface area contributed by atoms with Crippen molar-refractivity contribution in [2.24, 2.45) is 0 Å². The molecule has 2 aromatic heterocycles. The van der Waals surface area contributed by atoms with E-state index in [1.54, 1.807) is 0 Å². The summed E-state index contributed by atoms with van der Waals surface area (Å²) in [6, 6.07) is 34.1. The number of rotatable bonds is 6. The van der Waals surface area contributed by atoms with Gasteiger partial charge >= 0.3 is 0 Å². The summed E-state index contributed by atoms with van der Waals surface area (Å²) in [4.78, 5) is 29.4. The summed E-state index contributed by atoms with van der Waals surface area (Å²) < 4.78 is 0. The molecule has 7 nitrogen and oxygen atoms in total. The summed E-state index contributed by atoms with van der Waals surface area (Å²) in [5, 5.41) is 0. The first kappa shape index (κ1) is 32.4. The lowest BCUT2D eigenvalue weighted by molar-refractivity contribution is 0.725. The molecule has 11 rings (SSSR count). The molecule has 0 saturated carbocycles. The van der Waals surface area contributed by atoms with Gasteiger partial charge in [-0.2, -0.15) is 0 Å². The van der Waals surface area contributed by atoms with Gasteiger partial charge < -0.3 is 4.90 Å². The van der Waals surface area contributed by atoms with Crippen LogP contribution in [0, 0.1) is 0 Å². The normalized spacial score (nSPS) is 20.0. The highest BCUT2D eigenvalue weighted by atomic mass is 15.3. The van der Waals surface area contributed by atoms with Crippen LogP contribution in [0.1, 0.15) is 42.2 Å². The molecule has 268 valence electrons. The minimum atomic E-state index is 0.187. The smallest absolute Gasteiger partial charge is 0.234 e. The van der Waals surface area contributed by atoms with E-state index in [9.17, 15) is 0 Å². The van der Waals surface area contributed by atoms with Crippen molar-refractivity contribution >= 4 is 17.3 Å². The lowest BCUT2D eigenvalue weighted by Crippen LogP contribution is -2.31. The van der Waals surface area contributed by atoms with Crippen molar-refractivity contribution in [1.29, 1.82) is 0 Å². The third-order valence-corrected chi connectivity index (χ3v) is 11.5. The van der Waals surface area contributed by atoms with Gasteiger partial charge in [-0.05, 0) is 71.9 Å². The van der Waals surface area contributed by atoms with Crippen molar-refractivity contribution < 1.29 is 0 Å². The van der Waals surface area contributed by atoms with Crippen molar-refractivity contribution in [3.05, 3.63) is 193 Å². The van der Waals surface area contributed by atoms with Gasteiger partial charge in [0.05, 0.1) is 17.3 Å². The Morgan fingerprint density at radius 3 is 2.07 bits per heavy atom. The number of hydrogen-bond acceptors (Lipinski definition) is 7. The van der Waals surface area contributed by atoms with Gasteiger partial charge in [-0.25, -0.2) is 24.9 Å². The van der Waals surface area contributed by atoms with E-state index >= 15 is 0 Å². The average Bonchev–Trinajstić information content (AvgIpc) is 3.80. The Morgan fingerprint density at radius 1 is 0.607 bits per heavy atom. The molecule has 3 unspecified atom stereocenters. The van der Waals surface area contributed by atoms with E-state index in [0.29, 0.717) is 29.3 Å². The molecule has 0 N–H and O–H groups in total. The fraction of sp³-hybridized carbons (Fsp3) is 0.122. The van der Waals surface area contributed by atoms with Gasteiger partial charge in [0.1, 0.15) is 0 Å². The number of hydrogen-bond donors (Lipinski definition) is 0. The minimum Gasteiger partial charge on any atom is -0.334 e. The van der Waals surface area contributed by atoms with Gasteiger partial charge in [-0.15, -0.1) is 0 Å². The second-order valence-corrected chi connectivity index (χ2v) is 14.7. The van der Waals surface area contributed by atoms with E-state index in [4.69, 9.17) is 24.9 Å². The highest BCUT2D eigenvalue weighted by Gasteiger charge is 2.40. The molecule has 7 heteroatoms. The van der Waals surface area contributed by atoms with E-state index in [1.807, 2.05) is 73.1 Å². The molecule has 0 amide bonds. The van der Waals surface area contributed by atoms with E-state index < -0.39 is 0 Å². The van der Waals surface area contributed by atoms with E-state index in [-0.39, 0.29) is 12.0 Å². The molecule has 3 atom stereocenters. The van der Waals surface area contributed by atoms with Crippen LogP contribution >= 0.6 is 0 Å². The van der Waals surface area contributed by atoms with Crippen molar-refractivity contribution in [2.75, 3.05) is 9.80 Å². The molecule has 0 bridgehead atoms. The number of fused-ring (bicyclic) bond motifs is 6. The van der Waals surface area contributed by atoms with Crippen LogP contribution < -0.4 is 9.80 Å². The van der Waals surface area contributed by atoms with E-state index in [0.717, 1.165) is 41.6 Å². The molecule has 2 aliphatic heterocycles. The van der Waals surface area contributed by atoms with Crippen LogP contribution in [0.3, 0.4) is 0 Å². The SMILES string of the molecule is C1=CCC2C(=C1)N(c1ncc(-c3nc(-c4ccccc4)nc(-c4ccccc4)n3)cn1)c1cccc(-c3ccc4c(c3)C3C=CC=CC3N4C3=CCCC=C3)c12. The maximum atomic E-state index is 5.00. The van der Waals surface area contributed by atoms with Gasteiger partial charge in [0.25, 0.3) is 0 Å². The number of allylic oxidation sites excluding steroid dienone is 9. The monoisotopic (exact) mass is 723 g/mol. The van der Waals surface area contributed by atoms with E-state index in [1.165, 1.54) is 39.3 Å². The maximum absolute atomic E-state index is 5.00. The molecule has 4 aromatic carbocycles. The van der Waals surface area contributed by atoms with Crippen LogP contribution in [0.15, 0.2) is 182 Å². The molecule has 4 heterocycles. The number of benzene rings is 4. The summed E-state index contributed by atoms with van der Waals surface area (Å²) >= 11 is 0. The summed E-state index contributed by atoms with van der Waals surface area (Å²) in [6.07, 6.45) is 29.5. The Morgan fingerprint density at radius 2 is 1.34 bits per heavy atom. The van der Waals surface area contributed by atoms with Gasteiger partial charge in [0.2, 0.25) is 5.95 Å². The Bertz CT molecular complexity index is 2630. The van der Waals surface area contributed by atoms with E-state index in [2.05, 4.69) is 107 Å². The summed E-state index contributed by atoms with van der Waals surface area (Å²) in [6.45, 7) is 0. The summed E-state index contributed by atoms with van der Waals surface area (Å²) in [7, 11) is 0. The molecule has 3 aliphatic carbocycles. The standard InChI is InChI=1S/C49H37N7/c1-4-15-32(16-5-1)46-52-47(33-17-6-2-7-18-33)54-48(53-46)35-30-50-49(51-31-35)56-42-25-13-11-22-39(42)45-37(23-14-26-44(45)56)34-27-28-43-40(29-34)38-21-10-12-24-41(38)55(43)36-19-8-3-9-20-36/h1-2,4-8,10-21,23-31,38-39,41H,3,9,22H2. The molecular formula is C49H37N7. The fourth-order valence-corrected chi connectivity index (χ4v) is 8.92. The first-order valence-corrected chi connectivity index (χ1v) is 19.4. The van der Waals surface area contributed by atoms with Crippen molar-refractivity contribution in [3.8, 4) is 45.3 Å². The number of anilines is 3. The molecule has 0 radical (unpaired) electrons. The van der Waals surface area contributed by atoms with Crippen molar-refractivity contribution in [1.82, 2.24) is 24.9 Å². The topological polar surface area (TPSA) is 70.9 Å². The second-order valence-electron chi connectivity index (χ2n) is 14.7. The summed E-state index contributed by atoms with van der Waals surface area (Å²) in [5.74, 6) is 2.86. The Kier molecular flexibility index (Phi) is 7.76. The van der Waals surface area contributed by atoms with Crippen LogP contribution in [0.5, 0.6) is 0 Å². The van der Waals surface area contributed by atoms with Crippen LogP contribution in [0.25, 0.3) is 45.3 Å². The second kappa shape index (κ2) is 13.4. The third kappa shape index (κ3) is 5.38. The molecule has 5 aliphatic rings. The van der Waals surface area contributed by atoms with Crippen LogP contribution in [-0.4, -0.2) is 31.0 Å². The first-order valence-electron chi connectivity index (χ1n) is 19.4. The zero-order chi connectivity index (χ0) is 37.0. The molecule has 6 aromatic rings. The molecule has 0 fully saturated rings. The van der Waals surface area contributed by atoms with Crippen LogP contribution in [-0.2, 0) is 0 Å². The van der Waals surface area contributed by atoms with Crippen LogP contribution in [0.2, 0.25) is 0 Å². The van der Waals surface area contributed by atoms with Crippen molar-refractivity contribution in [2.45, 2.75) is 37.1 Å². The molecular weight excluding hydrogens is 687 g/mol. The highest BCUT2D eigenvalue weighted by Crippen LogP contribution is 2.54. The largest absolute Gasteiger partial charge is 0.334 e. The minimum absolute atomic E-state index is 0.187. The zero-order valence-electron chi connectivity index (χ0n) is 30.6. The first-order chi connectivity index (χ1) is 27.8. The fourth-order valence-electron chi connectivity index (χ4n) is 8.92. The maximum Gasteiger partial charge on any atom is 0.234 e. The summed E-state index contributed by atoms with van der Waals surface area (Å²) in [5.41, 5.74) is 12.7. The highest BCUT2D eigenvalue weighted by molar-refractivity contribution is 5.87. The zero-order valence-corrected chi connectivity index (χ0v) is 30.6. The predicted molar refractivity (Wildman–Crippen MR) is 224 cm³/mol. The lowest BCUT2D eigenvalue weighted by atomic mass is 9.85. The average molecular weight is 724 g/mol. The Hall–Kier alpha value is -6.99. The number of nitrogens with zero attached hydrogens (tertiary/aromatic N) is 7. The Labute approximate surface area is 326 Å². The van der Waals surface area contributed by atoms with Crippen LogP contribution in [0.4, 0.5) is 17.3 Å². The van der Waals surface area contributed by atoms with Crippen molar-refractivity contribution in [3.63, 3.8) is 0 Å². The number of aromatic nitrogens is 5. The third-order valence-electron chi connectivity index (χ3n) is 11.5. The molecule has 0 spiro atoms. The van der Waals surface area contributed by atoms with Gasteiger partial charge in [0.15, 0.2) is 17.5 Å².